The number of carbonyl (C=O) groups excluding carboxylic acids is 1. The summed E-state index contributed by atoms with van der Waals surface area (Å²) in [7, 11) is 1.30. The first-order valence-corrected chi connectivity index (χ1v) is 5.83. The molecule has 2 nitrogen and oxygen atoms in total. The highest BCUT2D eigenvalue weighted by molar-refractivity contribution is 6.00. The van der Waals surface area contributed by atoms with Gasteiger partial charge in [-0.3, -0.25) is 4.79 Å². The molecule has 0 radical (unpaired) electrons. The standard InChI is InChI=1S/C15H11F3O2/c1-20-13-7-3-5-10(16)14(13)12(19)8-9-4-2-6-11(17)15(9)18/h2-7H,8H2,1H3. The number of hydrogen-bond acceptors (Lipinski definition) is 2. The molecule has 2 rings (SSSR count). The molecule has 5 heteroatoms. The van der Waals surface area contributed by atoms with E-state index < -0.39 is 29.7 Å². The van der Waals surface area contributed by atoms with E-state index in [-0.39, 0.29) is 16.9 Å². The van der Waals surface area contributed by atoms with Crippen molar-refractivity contribution in [1.82, 2.24) is 0 Å². The molecule has 0 N–H and O–H groups in total. The minimum Gasteiger partial charge on any atom is -0.496 e. The van der Waals surface area contributed by atoms with Gasteiger partial charge in [0.1, 0.15) is 11.6 Å². The van der Waals surface area contributed by atoms with Gasteiger partial charge < -0.3 is 4.74 Å². The first kappa shape index (κ1) is 14.1. The minimum atomic E-state index is -1.10. The normalized spacial score (nSPS) is 10.4. The van der Waals surface area contributed by atoms with Crippen LogP contribution in [0.25, 0.3) is 0 Å². The van der Waals surface area contributed by atoms with Crippen LogP contribution in [0.5, 0.6) is 5.75 Å². The van der Waals surface area contributed by atoms with Gasteiger partial charge in [0.05, 0.1) is 12.7 Å². The molecule has 20 heavy (non-hydrogen) atoms. The van der Waals surface area contributed by atoms with E-state index in [1.165, 1.54) is 31.4 Å². The molecule has 0 fully saturated rings. The van der Waals surface area contributed by atoms with E-state index in [0.29, 0.717) is 0 Å². The molecule has 2 aromatic carbocycles. The summed E-state index contributed by atoms with van der Waals surface area (Å²) in [5.41, 5.74) is -0.390. The van der Waals surface area contributed by atoms with Crippen LogP contribution >= 0.6 is 0 Å². The molecule has 0 amide bonds. The van der Waals surface area contributed by atoms with Crippen LogP contribution in [0.3, 0.4) is 0 Å². The van der Waals surface area contributed by atoms with E-state index >= 15 is 0 Å². The summed E-state index contributed by atoms with van der Waals surface area (Å²) in [4.78, 5) is 12.1. The highest BCUT2D eigenvalue weighted by atomic mass is 19.2. The molecule has 0 saturated heterocycles. The van der Waals surface area contributed by atoms with Crippen LogP contribution in [0.15, 0.2) is 36.4 Å². The predicted molar refractivity (Wildman–Crippen MR) is 67.3 cm³/mol. The fourth-order valence-corrected chi connectivity index (χ4v) is 1.89. The third kappa shape index (κ3) is 2.66. The molecular weight excluding hydrogens is 269 g/mol. The Morgan fingerprint density at radius 3 is 2.40 bits per heavy atom. The molecule has 0 unspecified atom stereocenters. The lowest BCUT2D eigenvalue weighted by Crippen LogP contribution is -2.10. The molecule has 0 aliphatic heterocycles. The van der Waals surface area contributed by atoms with Gasteiger partial charge in [-0.05, 0) is 23.8 Å². The van der Waals surface area contributed by atoms with Crippen molar-refractivity contribution < 1.29 is 22.7 Å². The van der Waals surface area contributed by atoms with Crippen molar-refractivity contribution in [2.24, 2.45) is 0 Å². The zero-order valence-electron chi connectivity index (χ0n) is 10.6. The Kier molecular flexibility index (Phi) is 4.08. The summed E-state index contributed by atoms with van der Waals surface area (Å²) in [5, 5.41) is 0. The highest BCUT2D eigenvalue weighted by Crippen LogP contribution is 2.24. The Hall–Kier alpha value is -2.30. The molecule has 0 spiro atoms. The second kappa shape index (κ2) is 5.77. The van der Waals surface area contributed by atoms with Crippen LogP contribution in [-0.2, 0) is 6.42 Å². The van der Waals surface area contributed by atoms with Gasteiger partial charge in [0, 0.05) is 6.42 Å². The Bertz CT molecular complexity index is 654. The molecule has 104 valence electrons. The molecule has 0 aliphatic carbocycles. The van der Waals surface area contributed by atoms with E-state index in [4.69, 9.17) is 4.74 Å². The van der Waals surface area contributed by atoms with Crippen LogP contribution in [-0.4, -0.2) is 12.9 Å². The molecule has 0 aromatic heterocycles. The predicted octanol–water partition coefficient (Wildman–Crippen LogP) is 3.54. The van der Waals surface area contributed by atoms with E-state index in [1.807, 2.05) is 0 Å². The summed E-state index contributed by atoms with van der Waals surface area (Å²) < 4.78 is 45.2. The Morgan fingerprint density at radius 1 is 1.05 bits per heavy atom. The van der Waals surface area contributed by atoms with Gasteiger partial charge in [-0.25, -0.2) is 13.2 Å². The zero-order valence-corrected chi connectivity index (χ0v) is 10.6. The van der Waals surface area contributed by atoms with Crippen molar-refractivity contribution in [3.63, 3.8) is 0 Å². The Morgan fingerprint density at radius 2 is 1.70 bits per heavy atom. The molecular formula is C15H11F3O2. The van der Waals surface area contributed by atoms with Gasteiger partial charge in [-0.2, -0.15) is 0 Å². The molecule has 2 aromatic rings. The number of ether oxygens (including phenoxy) is 1. The zero-order chi connectivity index (χ0) is 14.7. The number of Topliss-reactive ketones (excluding diaryl/α,β-unsaturated/α-hetero) is 1. The lowest BCUT2D eigenvalue weighted by molar-refractivity contribution is 0.0984. The van der Waals surface area contributed by atoms with Gasteiger partial charge in [-0.15, -0.1) is 0 Å². The van der Waals surface area contributed by atoms with Gasteiger partial charge in [-0.1, -0.05) is 18.2 Å². The Balaban J connectivity index is 2.36. The lowest BCUT2D eigenvalue weighted by atomic mass is 10.0. The second-order valence-corrected chi connectivity index (χ2v) is 4.13. The van der Waals surface area contributed by atoms with Crippen molar-refractivity contribution >= 4 is 5.78 Å². The van der Waals surface area contributed by atoms with Crippen molar-refractivity contribution in [1.29, 1.82) is 0 Å². The number of carbonyl (C=O) groups is 1. The fourth-order valence-electron chi connectivity index (χ4n) is 1.89. The van der Waals surface area contributed by atoms with Gasteiger partial charge in [0.15, 0.2) is 17.4 Å². The molecule has 0 atom stereocenters. The number of benzene rings is 2. The van der Waals surface area contributed by atoms with Crippen LogP contribution in [0.4, 0.5) is 13.2 Å². The maximum absolute atomic E-state index is 13.7. The fraction of sp³-hybridized carbons (Fsp3) is 0.133. The van der Waals surface area contributed by atoms with Crippen molar-refractivity contribution in [3.05, 3.63) is 65.0 Å². The number of hydrogen-bond donors (Lipinski definition) is 0. The lowest BCUT2D eigenvalue weighted by Gasteiger charge is -2.09. The first-order valence-electron chi connectivity index (χ1n) is 5.83. The molecule has 0 heterocycles. The topological polar surface area (TPSA) is 26.3 Å². The van der Waals surface area contributed by atoms with Crippen molar-refractivity contribution in [2.45, 2.75) is 6.42 Å². The largest absolute Gasteiger partial charge is 0.496 e. The van der Waals surface area contributed by atoms with E-state index in [1.54, 1.807) is 0 Å². The number of methoxy groups -OCH3 is 1. The summed E-state index contributed by atoms with van der Waals surface area (Å²) in [5.74, 6) is -3.52. The van der Waals surface area contributed by atoms with Gasteiger partial charge >= 0.3 is 0 Å². The highest BCUT2D eigenvalue weighted by Gasteiger charge is 2.20. The third-order valence-electron chi connectivity index (χ3n) is 2.86. The molecule has 0 saturated carbocycles. The second-order valence-electron chi connectivity index (χ2n) is 4.13. The average Bonchev–Trinajstić information content (AvgIpc) is 2.43. The summed E-state index contributed by atoms with van der Waals surface area (Å²) in [6.07, 6.45) is -0.444. The number of halogens is 3. The third-order valence-corrected chi connectivity index (χ3v) is 2.86. The number of rotatable bonds is 4. The summed E-state index contributed by atoms with van der Waals surface area (Å²) in [6.45, 7) is 0. The minimum absolute atomic E-state index is 0.0619. The summed E-state index contributed by atoms with van der Waals surface area (Å²) in [6, 6.07) is 7.46. The Labute approximate surface area is 113 Å². The monoisotopic (exact) mass is 280 g/mol. The van der Waals surface area contributed by atoms with Crippen LogP contribution < -0.4 is 4.74 Å². The maximum Gasteiger partial charge on any atom is 0.174 e. The first-order chi connectivity index (χ1) is 9.54. The smallest absolute Gasteiger partial charge is 0.174 e. The molecule has 0 bridgehead atoms. The van der Waals surface area contributed by atoms with Gasteiger partial charge in [0.25, 0.3) is 0 Å². The van der Waals surface area contributed by atoms with Crippen LogP contribution in [0.1, 0.15) is 15.9 Å². The van der Waals surface area contributed by atoms with E-state index in [2.05, 4.69) is 0 Å². The van der Waals surface area contributed by atoms with E-state index in [9.17, 15) is 18.0 Å². The van der Waals surface area contributed by atoms with Crippen LogP contribution in [0, 0.1) is 17.5 Å². The maximum atomic E-state index is 13.7. The summed E-state index contributed by atoms with van der Waals surface area (Å²) >= 11 is 0. The quantitative estimate of drug-likeness (QED) is 0.801. The van der Waals surface area contributed by atoms with Gasteiger partial charge in [0.2, 0.25) is 0 Å². The molecule has 0 aliphatic rings. The van der Waals surface area contributed by atoms with Crippen LogP contribution in [0.2, 0.25) is 0 Å². The van der Waals surface area contributed by atoms with E-state index in [0.717, 1.165) is 12.1 Å². The van der Waals surface area contributed by atoms with Crippen molar-refractivity contribution in [3.8, 4) is 5.75 Å². The number of ketones is 1. The van der Waals surface area contributed by atoms with Crippen molar-refractivity contribution in [2.75, 3.05) is 7.11 Å². The average molecular weight is 280 g/mol. The SMILES string of the molecule is COc1cccc(F)c1C(=O)Cc1cccc(F)c1F.